The smallest absolute Gasteiger partial charge is 0.162 e. The van der Waals surface area contributed by atoms with Crippen LogP contribution in [0.4, 0.5) is 0 Å². The van der Waals surface area contributed by atoms with Crippen molar-refractivity contribution in [3.05, 3.63) is 91.4 Å². The third kappa shape index (κ3) is 6.39. The largest absolute Gasteiger partial charge is 0.493 e. The van der Waals surface area contributed by atoms with Crippen LogP contribution in [0.3, 0.4) is 0 Å². The van der Waals surface area contributed by atoms with Crippen molar-refractivity contribution in [1.82, 2.24) is 5.32 Å². The molecule has 0 heterocycles. The lowest BCUT2D eigenvalue weighted by atomic mass is 10.1. The summed E-state index contributed by atoms with van der Waals surface area (Å²) >= 11 is 15.8. The molecule has 0 saturated heterocycles. The first-order valence-electron chi connectivity index (χ1n) is 9.65. The third-order valence-corrected chi connectivity index (χ3v) is 6.07. The first-order valence-corrected chi connectivity index (χ1v) is 11.2. The van der Waals surface area contributed by atoms with Gasteiger partial charge in [-0.25, -0.2) is 0 Å². The van der Waals surface area contributed by atoms with Gasteiger partial charge in [0.05, 0.1) is 7.11 Å². The Bertz CT molecular complexity index is 993. The molecule has 0 atom stereocenters. The molecule has 3 rings (SSSR count). The summed E-state index contributed by atoms with van der Waals surface area (Å²) in [5, 5.41) is 4.80. The van der Waals surface area contributed by atoms with Crippen molar-refractivity contribution in [2.24, 2.45) is 0 Å². The van der Waals surface area contributed by atoms with Gasteiger partial charge in [0.2, 0.25) is 0 Å². The highest BCUT2D eigenvalue weighted by Crippen LogP contribution is 2.34. The molecule has 0 bridgehead atoms. The van der Waals surface area contributed by atoms with Crippen LogP contribution in [0.1, 0.15) is 22.3 Å². The molecule has 30 heavy (non-hydrogen) atoms. The Kier molecular flexibility index (Phi) is 8.46. The summed E-state index contributed by atoms with van der Waals surface area (Å²) in [5.74, 6) is 1.42. The first kappa shape index (κ1) is 23.0. The molecule has 0 aliphatic heterocycles. The molecule has 0 saturated carbocycles. The van der Waals surface area contributed by atoms with Gasteiger partial charge in [0.25, 0.3) is 0 Å². The molecular weight excluding hydrogens is 485 g/mol. The second-order valence-electron chi connectivity index (χ2n) is 7.03. The van der Waals surface area contributed by atoms with Gasteiger partial charge < -0.3 is 14.8 Å². The Morgan fingerprint density at radius 3 is 2.40 bits per heavy atom. The Balaban J connectivity index is 1.58. The molecular formula is C24H24BrCl2NO2. The maximum Gasteiger partial charge on any atom is 0.162 e. The van der Waals surface area contributed by atoms with Crippen molar-refractivity contribution in [3.63, 3.8) is 0 Å². The number of benzene rings is 3. The fraction of sp³-hybridized carbons (Fsp3) is 0.250. The predicted octanol–water partition coefficient (Wildman–Crippen LogP) is 6.98. The van der Waals surface area contributed by atoms with Gasteiger partial charge in [-0.05, 0) is 60.8 Å². The number of halogens is 3. The third-order valence-electron chi connectivity index (χ3n) is 4.75. The van der Waals surface area contributed by atoms with E-state index in [1.807, 2.05) is 24.3 Å². The van der Waals surface area contributed by atoms with Gasteiger partial charge in [-0.3, -0.25) is 0 Å². The predicted molar refractivity (Wildman–Crippen MR) is 128 cm³/mol. The molecule has 0 fully saturated rings. The van der Waals surface area contributed by atoms with Gasteiger partial charge in [-0.15, -0.1) is 0 Å². The van der Waals surface area contributed by atoms with Crippen molar-refractivity contribution >= 4 is 39.1 Å². The normalized spacial score (nSPS) is 10.8. The van der Waals surface area contributed by atoms with Gasteiger partial charge in [-0.2, -0.15) is 0 Å². The van der Waals surface area contributed by atoms with E-state index in [2.05, 4.69) is 52.4 Å². The number of rotatable bonds is 9. The lowest BCUT2D eigenvalue weighted by Crippen LogP contribution is -2.17. The summed E-state index contributed by atoms with van der Waals surface area (Å²) in [4.78, 5) is 0. The summed E-state index contributed by atoms with van der Waals surface area (Å²) in [7, 11) is 1.65. The molecule has 3 aromatic rings. The van der Waals surface area contributed by atoms with E-state index in [0.717, 1.165) is 34.1 Å². The molecule has 1 N–H and O–H groups in total. The number of hydrogen-bond donors (Lipinski definition) is 1. The quantitative estimate of drug-likeness (QED) is 0.316. The first-order chi connectivity index (χ1) is 14.5. The molecule has 0 amide bonds. The van der Waals surface area contributed by atoms with Gasteiger partial charge >= 0.3 is 0 Å². The minimum atomic E-state index is 0.489. The molecule has 0 radical (unpaired) electrons. The summed E-state index contributed by atoms with van der Waals surface area (Å²) in [6, 6.07) is 17.9. The second kappa shape index (κ2) is 11.1. The van der Waals surface area contributed by atoms with Crippen LogP contribution in [-0.4, -0.2) is 13.7 Å². The zero-order valence-electron chi connectivity index (χ0n) is 17.0. The van der Waals surface area contributed by atoms with Crippen LogP contribution in [-0.2, 0) is 19.6 Å². The molecule has 0 spiro atoms. The standard InChI is InChI=1S/C24H24BrCl2NO2/c1-16-3-5-17(6-4-16)15-30-24-13-21(25)19(11-23(24)29-2)14-28-10-9-18-7-8-20(26)12-22(18)27/h3-8,11-13,28H,9-10,14-15H2,1-2H3. The molecule has 3 nitrogen and oxygen atoms in total. The maximum absolute atomic E-state index is 6.24. The molecule has 6 heteroatoms. The SMILES string of the molecule is COc1cc(CNCCc2ccc(Cl)cc2Cl)c(Br)cc1OCc1ccc(C)cc1. The Labute approximate surface area is 196 Å². The minimum absolute atomic E-state index is 0.489. The monoisotopic (exact) mass is 507 g/mol. The maximum atomic E-state index is 6.24. The summed E-state index contributed by atoms with van der Waals surface area (Å²) in [6.07, 6.45) is 0.822. The summed E-state index contributed by atoms with van der Waals surface area (Å²) < 4.78 is 12.5. The van der Waals surface area contributed by atoms with Crippen molar-refractivity contribution < 1.29 is 9.47 Å². The highest BCUT2D eigenvalue weighted by atomic mass is 79.9. The molecule has 0 aromatic heterocycles. The van der Waals surface area contributed by atoms with Crippen LogP contribution in [0.2, 0.25) is 10.0 Å². The average molecular weight is 509 g/mol. The van der Waals surface area contributed by atoms with Crippen molar-refractivity contribution in [2.75, 3.05) is 13.7 Å². The number of methoxy groups -OCH3 is 1. The van der Waals surface area contributed by atoms with E-state index in [1.54, 1.807) is 13.2 Å². The van der Waals surface area contributed by atoms with E-state index < -0.39 is 0 Å². The minimum Gasteiger partial charge on any atom is -0.493 e. The average Bonchev–Trinajstić information content (AvgIpc) is 2.73. The van der Waals surface area contributed by atoms with Crippen LogP contribution in [0.5, 0.6) is 11.5 Å². The van der Waals surface area contributed by atoms with E-state index in [9.17, 15) is 0 Å². The van der Waals surface area contributed by atoms with Gasteiger partial charge in [0, 0.05) is 21.1 Å². The van der Waals surface area contributed by atoms with Gasteiger partial charge in [-0.1, -0.05) is 75.0 Å². The molecule has 0 aliphatic rings. The van der Waals surface area contributed by atoms with E-state index in [-0.39, 0.29) is 0 Å². The van der Waals surface area contributed by atoms with Gasteiger partial charge in [0.1, 0.15) is 6.61 Å². The Morgan fingerprint density at radius 1 is 0.933 bits per heavy atom. The van der Waals surface area contributed by atoms with Crippen molar-refractivity contribution in [2.45, 2.75) is 26.5 Å². The van der Waals surface area contributed by atoms with Crippen molar-refractivity contribution in [1.29, 1.82) is 0 Å². The van der Waals surface area contributed by atoms with E-state index in [4.69, 9.17) is 32.7 Å². The van der Waals surface area contributed by atoms with E-state index in [0.29, 0.717) is 34.7 Å². The molecule has 0 aliphatic carbocycles. The fourth-order valence-electron chi connectivity index (χ4n) is 3.00. The number of nitrogens with one attached hydrogen (secondary N) is 1. The van der Waals surface area contributed by atoms with Crippen LogP contribution < -0.4 is 14.8 Å². The summed E-state index contributed by atoms with van der Waals surface area (Å²) in [6.45, 7) is 4.05. The molecule has 3 aromatic carbocycles. The fourth-order valence-corrected chi connectivity index (χ4v) is 3.97. The lowest BCUT2D eigenvalue weighted by molar-refractivity contribution is 0.284. The highest BCUT2D eigenvalue weighted by Gasteiger charge is 2.11. The number of hydrogen-bond acceptors (Lipinski definition) is 3. The van der Waals surface area contributed by atoms with Gasteiger partial charge in [0.15, 0.2) is 11.5 Å². The molecule has 158 valence electrons. The highest BCUT2D eigenvalue weighted by molar-refractivity contribution is 9.10. The number of ether oxygens (including phenoxy) is 2. The topological polar surface area (TPSA) is 30.5 Å². The van der Waals surface area contributed by atoms with Crippen LogP contribution >= 0.6 is 39.1 Å². The lowest BCUT2D eigenvalue weighted by Gasteiger charge is -2.15. The Morgan fingerprint density at radius 2 is 1.70 bits per heavy atom. The number of aryl methyl sites for hydroxylation is 1. The molecule has 0 unspecified atom stereocenters. The zero-order chi connectivity index (χ0) is 21.5. The van der Waals surface area contributed by atoms with Crippen molar-refractivity contribution in [3.8, 4) is 11.5 Å². The second-order valence-corrected chi connectivity index (χ2v) is 8.73. The van der Waals surface area contributed by atoms with Crippen LogP contribution in [0, 0.1) is 6.92 Å². The van der Waals surface area contributed by atoms with E-state index in [1.165, 1.54) is 5.56 Å². The zero-order valence-corrected chi connectivity index (χ0v) is 20.1. The van der Waals surface area contributed by atoms with E-state index >= 15 is 0 Å². The van der Waals surface area contributed by atoms with Crippen LogP contribution in [0.15, 0.2) is 59.1 Å². The van der Waals surface area contributed by atoms with Crippen LogP contribution in [0.25, 0.3) is 0 Å². The Hall–Kier alpha value is -1.72. The summed E-state index contributed by atoms with van der Waals surface area (Å²) in [5.41, 5.74) is 4.52.